The minimum Gasteiger partial charge on any atom is -0.325 e. The predicted molar refractivity (Wildman–Crippen MR) is 102 cm³/mol. The van der Waals surface area contributed by atoms with E-state index in [0.29, 0.717) is 5.69 Å². The van der Waals surface area contributed by atoms with E-state index in [2.05, 4.69) is 5.32 Å². The molecule has 0 aliphatic rings. The summed E-state index contributed by atoms with van der Waals surface area (Å²) in [6, 6.07) is 23.4. The minimum atomic E-state index is -0.516. The number of hydrogen-bond acceptors (Lipinski definition) is 2. The number of anilines is 1. The molecule has 0 heterocycles. The summed E-state index contributed by atoms with van der Waals surface area (Å²) in [6.07, 6.45) is 0. The van der Waals surface area contributed by atoms with Crippen LogP contribution in [0.15, 0.2) is 83.8 Å². The first kappa shape index (κ1) is 17.5. The maximum atomic E-state index is 13.3. The van der Waals surface area contributed by atoms with Gasteiger partial charge in [-0.25, -0.2) is 4.39 Å². The summed E-state index contributed by atoms with van der Waals surface area (Å²) in [4.78, 5) is 13.8. The van der Waals surface area contributed by atoms with Crippen LogP contribution in [0.2, 0.25) is 5.02 Å². The lowest BCUT2D eigenvalue weighted by Crippen LogP contribution is -2.19. The van der Waals surface area contributed by atoms with Crippen molar-refractivity contribution >= 4 is 35.0 Å². The smallest absolute Gasteiger partial charge is 0.242 e. The molecule has 0 aliphatic heterocycles. The van der Waals surface area contributed by atoms with Crippen molar-refractivity contribution in [3.8, 4) is 0 Å². The van der Waals surface area contributed by atoms with Crippen molar-refractivity contribution in [1.82, 2.24) is 0 Å². The third-order valence-electron chi connectivity index (χ3n) is 3.52. The van der Waals surface area contributed by atoms with Gasteiger partial charge in [-0.05, 0) is 35.9 Å². The normalized spacial score (nSPS) is 11.8. The molecule has 0 bridgehead atoms. The van der Waals surface area contributed by atoms with Crippen LogP contribution in [0.1, 0.15) is 10.8 Å². The van der Waals surface area contributed by atoms with Gasteiger partial charge < -0.3 is 5.32 Å². The van der Waals surface area contributed by atoms with E-state index in [1.807, 2.05) is 60.7 Å². The highest BCUT2D eigenvalue weighted by molar-refractivity contribution is 8.00. The number of rotatable bonds is 5. The summed E-state index contributed by atoms with van der Waals surface area (Å²) in [5, 5.41) is 2.36. The van der Waals surface area contributed by atoms with Crippen molar-refractivity contribution in [3.63, 3.8) is 0 Å². The molecule has 0 radical (unpaired) electrons. The SMILES string of the molecule is O=C(Nc1ccc(F)c(Cl)c1)[C@@H](Sc1ccccc1)c1ccccc1. The average Bonchev–Trinajstić information content (AvgIpc) is 2.64. The van der Waals surface area contributed by atoms with Crippen molar-refractivity contribution in [2.45, 2.75) is 10.1 Å². The molecule has 25 heavy (non-hydrogen) atoms. The summed E-state index contributed by atoms with van der Waals surface area (Å²) < 4.78 is 13.3. The molecule has 0 aromatic heterocycles. The third-order valence-corrected chi connectivity index (χ3v) is 5.08. The molecule has 0 unspecified atom stereocenters. The van der Waals surface area contributed by atoms with Gasteiger partial charge in [0.05, 0.1) is 5.02 Å². The average molecular weight is 372 g/mol. The first-order valence-corrected chi connectivity index (χ1v) is 8.92. The summed E-state index contributed by atoms with van der Waals surface area (Å²) >= 11 is 7.25. The van der Waals surface area contributed by atoms with Gasteiger partial charge in [0.2, 0.25) is 5.91 Å². The van der Waals surface area contributed by atoms with Crippen LogP contribution in [-0.2, 0) is 4.79 Å². The van der Waals surface area contributed by atoms with Crippen LogP contribution in [0.3, 0.4) is 0 Å². The highest BCUT2D eigenvalue weighted by Crippen LogP contribution is 2.36. The summed E-state index contributed by atoms with van der Waals surface area (Å²) in [7, 11) is 0. The standard InChI is InChI=1S/C20H15ClFNOS/c21-17-13-15(11-12-18(17)22)23-20(24)19(14-7-3-1-4-8-14)25-16-9-5-2-6-10-16/h1-13,19H,(H,23,24)/t19-/m0/s1. The molecule has 0 saturated carbocycles. The largest absolute Gasteiger partial charge is 0.325 e. The maximum absolute atomic E-state index is 13.3. The maximum Gasteiger partial charge on any atom is 0.242 e. The minimum absolute atomic E-state index is 0.0234. The van der Waals surface area contributed by atoms with Gasteiger partial charge in [0.15, 0.2) is 0 Å². The van der Waals surface area contributed by atoms with Crippen LogP contribution < -0.4 is 5.32 Å². The number of amides is 1. The van der Waals surface area contributed by atoms with Gasteiger partial charge in [0.25, 0.3) is 0 Å². The van der Waals surface area contributed by atoms with Crippen molar-refractivity contribution < 1.29 is 9.18 Å². The third kappa shape index (κ3) is 4.62. The molecule has 1 atom stereocenters. The summed E-state index contributed by atoms with van der Waals surface area (Å²) in [5.74, 6) is -0.708. The lowest BCUT2D eigenvalue weighted by Gasteiger charge is -2.17. The van der Waals surface area contributed by atoms with Gasteiger partial charge in [-0.3, -0.25) is 4.79 Å². The van der Waals surface area contributed by atoms with Gasteiger partial charge in [-0.15, -0.1) is 11.8 Å². The number of halogens is 2. The second kappa shape index (κ2) is 8.19. The molecule has 5 heteroatoms. The van der Waals surface area contributed by atoms with Crippen molar-refractivity contribution in [3.05, 3.63) is 95.3 Å². The predicted octanol–water partition coefficient (Wildman–Crippen LogP) is 5.95. The van der Waals surface area contributed by atoms with Crippen molar-refractivity contribution in [2.75, 3.05) is 5.32 Å². The molecule has 2 nitrogen and oxygen atoms in total. The lowest BCUT2D eigenvalue weighted by molar-refractivity contribution is -0.115. The van der Waals surface area contributed by atoms with Crippen LogP contribution in [-0.4, -0.2) is 5.91 Å². The second-order valence-corrected chi connectivity index (χ2v) is 6.93. The molecule has 1 N–H and O–H groups in total. The Kier molecular flexibility index (Phi) is 5.74. The van der Waals surface area contributed by atoms with Gasteiger partial charge in [0, 0.05) is 10.6 Å². The van der Waals surface area contributed by atoms with Crippen LogP contribution in [0.25, 0.3) is 0 Å². The number of hydrogen-bond donors (Lipinski definition) is 1. The second-order valence-electron chi connectivity index (χ2n) is 5.34. The van der Waals surface area contributed by atoms with Crippen molar-refractivity contribution in [2.24, 2.45) is 0 Å². The molecular weight excluding hydrogens is 357 g/mol. The van der Waals surface area contributed by atoms with E-state index in [0.717, 1.165) is 10.5 Å². The summed E-state index contributed by atoms with van der Waals surface area (Å²) in [5.41, 5.74) is 1.35. The molecule has 0 aliphatic carbocycles. The molecule has 3 aromatic rings. The number of carbonyl (C=O) groups excluding carboxylic acids is 1. The van der Waals surface area contributed by atoms with Crippen LogP contribution in [0.5, 0.6) is 0 Å². The van der Waals surface area contributed by atoms with E-state index in [4.69, 9.17) is 11.6 Å². The fourth-order valence-electron chi connectivity index (χ4n) is 2.32. The quantitative estimate of drug-likeness (QED) is 0.561. The Bertz CT molecular complexity index is 858. The van der Waals surface area contributed by atoms with Gasteiger partial charge in [0.1, 0.15) is 11.1 Å². The molecule has 126 valence electrons. The fourth-order valence-corrected chi connectivity index (χ4v) is 3.54. The Morgan fingerprint density at radius 1 is 0.960 bits per heavy atom. The zero-order chi connectivity index (χ0) is 17.6. The first-order valence-electron chi connectivity index (χ1n) is 7.66. The Balaban J connectivity index is 1.85. The highest BCUT2D eigenvalue weighted by Gasteiger charge is 2.22. The monoisotopic (exact) mass is 371 g/mol. The molecule has 1 amide bonds. The molecule has 0 saturated heterocycles. The Morgan fingerprint density at radius 3 is 2.24 bits per heavy atom. The van der Waals surface area contributed by atoms with Gasteiger partial charge in [-0.2, -0.15) is 0 Å². The fraction of sp³-hybridized carbons (Fsp3) is 0.0500. The molecule has 0 spiro atoms. The Labute approximate surface area is 155 Å². The van der Waals surface area contributed by atoms with E-state index >= 15 is 0 Å². The highest BCUT2D eigenvalue weighted by atomic mass is 35.5. The van der Waals surface area contributed by atoms with Crippen molar-refractivity contribution in [1.29, 1.82) is 0 Å². The molecule has 0 fully saturated rings. The molecular formula is C20H15ClFNOS. The molecule has 3 aromatic carbocycles. The Hall–Kier alpha value is -2.30. The van der Waals surface area contributed by atoms with Crippen LogP contribution >= 0.6 is 23.4 Å². The van der Waals surface area contributed by atoms with Gasteiger partial charge >= 0.3 is 0 Å². The first-order chi connectivity index (χ1) is 12.1. The topological polar surface area (TPSA) is 29.1 Å². The van der Waals surface area contributed by atoms with E-state index in [1.54, 1.807) is 0 Å². The summed E-state index contributed by atoms with van der Waals surface area (Å²) in [6.45, 7) is 0. The number of thioether (sulfide) groups is 1. The zero-order valence-electron chi connectivity index (χ0n) is 13.2. The number of nitrogens with one attached hydrogen (secondary N) is 1. The van der Waals surface area contributed by atoms with E-state index in [1.165, 1.54) is 30.0 Å². The number of carbonyl (C=O) groups is 1. The van der Waals surface area contributed by atoms with E-state index in [-0.39, 0.29) is 10.9 Å². The Morgan fingerprint density at radius 2 is 1.60 bits per heavy atom. The van der Waals surface area contributed by atoms with E-state index in [9.17, 15) is 9.18 Å². The van der Waals surface area contributed by atoms with Gasteiger partial charge in [-0.1, -0.05) is 60.1 Å². The van der Waals surface area contributed by atoms with Crippen LogP contribution in [0.4, 0.5) is 10.1 Å². The zero-order valence-corrected chi connectivity index (χ0v) is 14.7. The molecule has 3 rings (SSSR count). The lowest BCUT2D eigenvalue weighted by atomic mass is 10.1. The van der Waals surface area contributed by atoms with E-state index < -0.39 is 11.1 Å². The number of benzene rings is 3. The van der Waals surface area contributed by atoms with Crippen LogP contribution in [0, 0.1) is 5.82 Å².